The minimum Gasteiger partial charge on any atom is -0.481 e. The fraction of sp³-hybridized carbons (Fsp3) is 0.692. The van der Waals surface area contributed by atoms with Gasteiger partial charge in [0, 0.05) is 18.7 Å². The molecule has 2 heterocycles. The highest BCUT2D eigenvalue weighted by Gasteiger charge is 2.40. The second-order valence-corrected chi connectivity index (χ2v) is 5.39. The van der Waals surface area contributed by atoms with E-state index < -0.39 is 11.4 Å². The van der Waals surface area contributed by atoms with Gasteiger partial charge in [0.1, 0.15) is 0 Å². The van der Waals surface area contributed by atoms with E-state index in [9.17, 15) is 9.90 Å². The molecule has 2 N–H and O–H groups in total. The quantitative estimate of drug-likeness (QED) is 0.850. The summed E-state index contributed by atoms with van der Waals surface area (Å²) in [6, 6.07) is 2.25. The zero-order valence-corrected chi connectivity index (χ0v) is 11.0. The SMILES string of the molecule is CC(C)n1ccc(CC2(C(=O)O)CCNCC2)n1. The molecule has 0 spiro atoms. The Hall–Kier alpha value is -1.36. The molecule has 0 bridgehead atoms. The molecule has 1 aromatic rings. The summed E-state index contributed by atoms with van der Waals surface area (Å²) < 4.78 is 1.88. The molecule has 1 aromatic heterocycles. The number of hydrogen-bond donors (Lipinski definition) is 2. The number of nitrogens with one attached hydrogen (secondary N) is 1. The van der Waals surface area contributed by atoms with Crippen LogP contribution in [0.2, 0.25) is 0 Å². The standard InChI is InChI=1S/C13H21N3O2/c1-10(2)16-8-3-11(15-16)9-13(12(17)18)4-6-14-7-5-13/h3,8,10,14H,4-7,9H2,1-2H3,(H,17,18). The van der Waals surface area contributed by atoms with Crippen LogP contribution in [0.15, 0.2) is 12.3 Å². The van der Waals surface area contributed by atoms with Gasteiger partial charge in [0.25, 0.3) is 0 Å². The third-order valence-electron chi connectivity index (χ3n) is 3.73. The monoisotopic (exact) mass is 251 g/mol. The van der Waals surface area contributed by atoms with Gasteiger partial charge in [-0.1, -0.05) is 0 Å². The van der Waals surface area contributed by atoms with E-state index >= 15 is 0 Å². The Balaban J connectivity index is 2.15. The van der Waals surface area contributed by atoms with E-state index in [1.807, 2.05) is 16.9 Å². The van der Waals surface area contributed by atoms with Gasteiger partial charge in [-0.25, -0.2) is 0 Å². The number of carboxylic acids is 1. The molecular weight excluding hydrogens is 230 g/mol. The van der Waals surface area contributed by atoms with Crippen molar-refractivity contribution in [3.63, 3.8) is 0 Å². The van der Waals surface area contributed by atoms with Crippen LogP contribution in [0.1, 0.15) is 38.4 Å². The van der Waals surface area contributed by atoms with E-state index in [0.29, 0.717) is 25.3 Å². The molecule has 0 saturated carbocycles. The lowest BCUT2D eigenvalue weighted by molar-refractivity contribution is -0.150. The number of aliphatic carboxylic acids is 1. The average molecular weight is 251 g/mol. The lowest BCUT2D eigenvalue weighted by atomic mass is 9.75. The fourth-order valence-corrected chi connectivity index (χ4v) is 2.48. The van der Waals surface area contributed by atoms with Gasteiger partial charge in [-0.3, -0.25) is 9.48 Å². The number of aromatic nitrogens is 2. The first-order valence-corrected chi connectivity index (χ1v) is 6.52. The van der Waals surface area contributed by atoms with Gasteiger partial charge in [-0.05, 0) is 45.8 Å². The van der Waals surface area contributed by atoms with Crippen LogP contribution in [-0.4, -0.2) is 33.9 Å². The largest absolute Gasteiger partial charge is 0.481 e. The van der Waals surface area contributed by atoms with E-state index in [-0.39, 0.29) is 0 Å². The normalized spacial score (nSPS) is 19.1. The van der Waals surface area contributed by atoms with Crippen LogP contribution in [-0.2, 0) is 11.2 Å². The molecule has 0 aliphatic carbocycles. The number of piperidine rings is 1. The maximum absolute atomic E-state index is 11.6. The predicted molar refractivity (Wildman–Crippen MR) is 68.5 cm³/mol. The van der Waals surface area contributed by atoms with E-state index in [1.165, 1.54) is 0 Å². The van der Waals surface area contributed by atoms with E-state index in [1.54, 1.807) is 0 Å². The second kappa shape index (κ2) is 5.10. The van der Waals surface area contributed by atoms with Gasteiger partial charge < -0.3 is 10.4 Å². The Kier molecular flexibility index (Phi) is 3.71. The predicted octanol–water partition coefficient (Wildman–Crippen LogP) is 1.46. The number of nitrogens with zero attached hydrogens (tertiary/aromatic N) is 2. The molecule has 5 heteroatoms. The maximum atomic E-state index is 11.6. The average Bonchev–Trinajstić information content (AvgIpc) is 2.78. The summed E-state index contributed by atoms with van der Waals surface area (Å²) in [5, 5.41) is 17.2. The zero-order valence-electron chi connectivity index (χ0n) is 11.0. The summed E-state index contributed by atoms with van der Waals surface area (Å²) >= 11 is 0. The van der Waals surface area contributed by atoms with Crippen molar-refractivity contribution in [3.8, 4) is 0 Å². The highest BCUT2D eigenvalue weighted by Crippen LogP contribution is 2.32. The lowest BCUT2D eigenvalue weighted by Crippen LogP contribution is -2.43. The number of carbonyl (C=O) groups is 1. The van der Waals surface area contributed by atoms with Crippen molar-refractivity contribution >= 4 is 5.97 Å². The molecule has 18 heavy (non-hydrogen) atoms. The Morgan fingerprint density at radius 1 is 1.56 bits per heavy atom. The molecule has 1 aliphatic rings. The lowest BCUT2D eigenvalue weighted by Gasteiger charge is -2.33. The van der Waals surface area contributed by atoms with Crippen molar-refractivity contribution in [1.29, 1.82) is 0 Å². The molecule has 2 rings (SSSR count). The third-order valence-corrected chi connectivity index (χ3v) is 3.73. The van der Waals surface area contributed by atoms with Crippen LogP contribution in [0, 0.1) is 5.41 Å². The summed E-state index contributed by atoms with van der Waals surface area (Å²) in [4.78, 5) is 11.6. The molecule has 5 nitrogen and oxygen atoms in total. The zero-order chi connectivity index (χ0) is 13.2. The van der Waals surface area contributed by atoms with Crippen molar-refractivity contribution in [3.05, 3.63) is 18.0 Å². The Bertz CT molecular complexity index is 420. The molecule has 0 radical (unpaired) electrons. The molecule has 0 amide bonds. The first-order chi connectivity index (χ1) is 8.53. The summed E-state index contributed by atoms with van der Waals surface area (Å²) in [5.41, 5.74) is 0.245. The number of hydrogen-bond acceptors (Lipinski definition) is 3. The van der Waals surface area contributed by atoms with Crippen LogP contribution >= 0.6 is 0 Å². The summed E-state index contributed by atoms with van der Waals surface area (Å²) in [7, 11) is 0. The molecule has 0 atom stereocenters. The summed E-state index contributed by atoms with van der Waals surface area (Å²) in [6.45, 7) is 5.68. The van der Waals surface area contributed by atoms with Crippen LogP contribution in [0.25, 0.3) is 0 Å². The topological polar surface area (TPSA) is 67.2 Å². The van der Waals surface area contributed by atoms with Crippen LogP contribution < -0.4 is 5.32 Å². The summed E-state index contributed by atoms with van der Waals surface area (Å²) in [5.74, 6) is -0.692. The van der Waals surface area contributed by atoms with Crippen molar-refractivity contribution in [2.75, 3.05) is 13.1 Å². The van der Waals surface area contributed by atoms with Gasteiger partial charge in [0.2, 0.25) is 0 Å². The fourth-order valence-electron chi connectivity index (χ4n) is 2.48. The van der Waals surface area contributed by atoms with Crippen LogP contribution in [0.5, 0.6) is 0 Å². The molecule has 1 aliphatic heterocycles. The van der Waals surface area contributed by atoms with Crippen LogP contribution in [0.3, 0.4) is 0 Å². The van der Waals surface area contributed by atoms with Crippen molar-refractivity contribution in [2.45, 2.75) is 39.2 Å². The van der Waals surface area contributed by atoms with Gasteiger partial charge in [0.05, 0.1) is 11.1 Å². The summed E-state index contributed by atoms with van der Waals surface area (Å²) in [6.07, 6.45) is 3.81. The Morgan fingerprint density at radius 2 is 2.22 bits per heavy atom. The van der Waals surface area contributed by atoms with Crippen molar-refractivity contribution in [2.24, 2.45) is 5.41 Å². The molecule has 1 fully saturated rings. The Morgan fingerprint density at radius 3 is 2.72 bits per heavy atom. The van der Waals surface area contributed by atoms with Gasteiger partial charge in [-0.15, -0.1) is 0 Å². The minimum absolute atomic E-state index is 0.313. The molecule has 1 saturated heterocycles. The minimum atomic E-state index is -0.692. The second-order valence-electron chi connectivity index (χ2n) is 5.39. The van der Waals surface area contributed by atoms with Crippen molar-refractivity contribution in [1.82, 2.24) is 15.1 Å². The molecule has 100 valence electrons. The first-order valence-electron chi connectivity index (χ1n) is 6.52. The maximum Gasteiger partial charge on any atom is 0.310 e. The van der Waals surface area contributed by atoms with Gasteiger partial charge in [-0.2, -0.15) is 5.10 Å². The first kappa shape index (κ1) is 13.1. The van der Waals surface area contributed by atoms with Crippen molar-refractivity contribution < 1.29 is 9.90 Å². The number of rotatable bonds is 4. The van der Waals surface area contributed by atoms with E-state index in [4.69, 9.17) is 0 Å². The smallest absolute Gasteiger partial charge is 0.310 e. The molecular formula is C13H21N3O2. The van der Waals surface area contributed by atoms with Gasteiger partial charge >= 0.3 is 5.97 Å². The molecule has 0 unspecified atom stereocenters. The van der Waals surface area contributed by atoms with E-state index in [0.717, 1.165) is 18.8 Å². The van der Waals surface area contributed by atoms with Gasteiger partial charge in [0.15, 0.2) is 0 Å². The van der Waals surface area contributed by atoms with Crippen LogP contribution in [0.4, 0.5) is 0 Å². The Labute approximate surface area is 107 Å². The molecule has 0 aromatic carbocycles. The highest BCUT2D eigenvalue weighted by molar-refractivity contribution is 5.75. The number of carboxylic acid groups (broad SMARTS) is 1. The van der Waals surface area contributed by atoms with E-state index in [2.05, 4.69) is 24.3 Å². The highest BCUT2D eigenvalue weighted by atomic mass is 16.4. The third kappa shape index (κ3) is 2.56.